The molecule has 3 rings (SSSR count). The molecule has 1 aliphatic heterocycles. The van der Waals surface area contributed by atoms with Crippen molar-refractivity contribution in [3.8, 4) is 0 Å². The van der Waals surface area contributed by atoms with Crippen molar-refractivity contribution in [1.29, 1.82) is 0 Å². The Morgan fingerprint density at radius 1 is 1.14 bits per heavy atom. The number of rotatable bonds is 14. The number of carbonyl (C=O) groups excluding carboxylic acids is 4. The van der Waals surface area contributed by atoms with Gasteiger partial charge in [-0.1, -0.05) is 19.0 Å². The first-order valence-electron chi connectivity index (χ1n) is 11.9. The second-order valence-corrected chi connectivity index (χ2v) is 10.3. The first-order valence-corrected chi connectivity index (χ1v) is 12.9. The number of carbonyl (C=O) groups is 4. The van der Waals surface area contributed by atoms with Crippen molar-refractivity contribution < 1.29 is 33.2 Å². The quantitative estimate of drug-likeness (QED) is 0.297. The third-order valence-electron chi connectivity index (χ3n) is 5.78. The number of ether oxygens (including phenoxy) is 2. The highest BCUT2D eigenvalue weighted by Crippen LogP contribution is 2.29. The average molecular weight is 536 g/mol. The van der Waals surface area contributed by atoms with Crippen molar-refractivity contribution in [2.24, 2.45) is 5.92 Å². The number of nitrogens with zero attached hydrogens (tertiary/aromatic N) is 2. The lowest BCUT2D eigenvalue weighted by atomic mass is 9.93. The van der Waals surface area contributed by atoms with E-state index >= 15 is 0 Å². The van der Waals surface area contributed by atoms with Gasteiger partial charge in [0.25, 0.3) is 5.91 Å². The molecule has 1 aliphatic rings. The molecular formula is C24H33N5O7S. The summed E-state index contributed by atoms with van der Waals surface area (Å²) in [4.78, 5) is 56.3. The minimum Gasteiger partial charge on any atom is -0.382 e. The molecule has 37 heavy (non-hydrogen) atoms. The highest BCUT2D eigenvalue weighted by atomic mass is 32.1. The first kappa shape index (κ1) is 28.4. The largest absolute Gasteiger partial charge is 0.382 e. The number of amides is 3. The van der Waals surface area contributed by atoms with Crippen LogP contribution in [0.2, 0.25) is 0 Å². The SMILES string of the molecule is COCC(NC(=O)c1cc(C)on1)C(=O)N[C@@H](Cc1cscn1)C(=O)NC(CC(C)C)C(=O)C1(C)CO1. The molecule has 3 heterocycles. The molecule has 13 heteroatoms. The van der Waals surface area contributed by atoms with Gasteiger partial charge in [0.1, 0.15) is 23.4 Å². The summed E-state index contributed by atoms with van der Waals surface area (Å²) in [6.45, 7) is 7.38. The number of epoxide rings is 1. The number of hydrogen-bond donors (Lipinski definition) is 3. The lowest BCUT2D eigenvalue weighted by Crippen LogP contribution is -2.58. The van der Waals surface area contributed by atoms with Gasteiger partial charge in [0.2, 0.25) is 11.8 Å². The van der Waals surface area contributed by atoms with E-state index in [-0.39, 0.29) is 30.4 Å². The number of aromatic nitrogens is 2. The van der Waals surface area contributed by atoms with E-state index in [1.54, 1.807) is 24.7 Å². The third-order valence-corrected chi connectivity index (χ3v) is 6.42. The van der Waals surface area contributed by atoms with Gasteiger partial charge in [-0.3, -0.25) is 19.2 Å². The average Bonchev–Trinajstić information content (AvgIpc) is 3.20. The second kappa shape index (κ2) is 12.4. The Hall–Kier alpha value is -3.16. The fourth-order valence-corrected chi connectivity index (χ4v) is 4.25. The predicted octanol–water partition coefficient (Wildman–Crippen LogP) is 0.801. The zero-order valence-electron chi connectivity index (χ0n) is 21.5. The van der Waals surface area contributed by atoms with E-state index in [2.05, 4.69) is 26.1 Å². The Labute approximate surface area is 218 Å². The summed E-state index contributed by atoms with van der Waals surface area (Å²) in [6, 6.07) is -1.52. The lowest BCUT2D eigenvalue weighted by Gasteiger charge is -2.26. The van der Waals surface area contributed by atoms with Crippen LogP contribution in [0.5, 0.6) is 0 Å². The monoisotopic (exact) mass is 535 g/mol. The van der Waals surface area contributed by atoms with E-state index in [1.807, 2.05) is 13.8 Å². The minimum absolute atomic E-state index is 0.00833. The van der Waals surface area contributed by atoms with Crippen LogP contribution in [0.15, 0.2) is 21.5 Å². The molecule has 2 aromatic rings. The van der Waals surface area contributed by atoms with Crippen LogP contribution in [0.1, 0.15) is 49.1 Å². The number of nitrogens with one attached hydrogen (secondary N) is 3. The van der Waals surface area contributed by atoms with Gasteiger partial charge in [-0.05, 0) is 26.2 Å². The van der Waals surface area contributed by atoms with Crippen LogP contribution in [0.25, 0.3) is 0 Å². The summed E-state index contributed by atoms with van der Waals surface area (Å²) in [5.74, 6) is -1.46. The van der Waals surface area contributed by atoms with Crippen LogP contribution in [0, 0.1) is 12.8 Å². The van der Waals surface area contributed by atoms with E-state index in [1.165, 1.54) is 24.5 Å². The number of ketones is 1. The van der Waals surface area contributed by atoms with Crippen molar-refractivity contribution in [2.75, 3.05) is 20.3 Å². The number of aryl methyl sites for hydroxylation is 1. The van der Waals surface area contributed by atoms with Crippen LogP contribution in [0.4, 0.5) is 0 Å². The minimum atomic E-state index is -1.12. The number of hydrogen-bond acceptors (Lipinski definition) is 10. The molecule has 1 saturated heterocycles. The summed E-state index contributed by atoms with van der Waals surface area (Å²) < 4.78 is 15.3. The Bertz CT molecular complexity index is 1100. The molecule has 0 spiro atoms. The highest BCUT2D eigenvalue weighted by Gasteiger charge is 2.50. The maximum Gasteiger partial charge on any atom is 0.274 e. The van der Waals surface area contributed by atoms with Gasteiger partial charge >= 0.3 is 0 Å². The Morgan fingerprint density at radius 2 is 1.81 bits per heavy atom. The number of methoxy groups -OCH3 is 1. The molecule has 3 amide bonds. The van der Waals surface area contributed by atoms with Crippen molar-refractivity contribution in [3.05, 3.63) is 34.1 Å². The fraction of sp³-hybridized carbons (Fsp3) is 0.583. The summed E-state index contributed by atoms with van der Waals surface area (Å²) in [5, 5.41) is 13.5. The molecule has 2 aromatic heterocycles. The number of Topliss-reactive ketones (excluding diaryl/α,β-unsaturated/α-hetero) is 1. The standard InChI is InChI=1S/C24H33N5O7S/c1-13(2)6-16(20(30)24(4)11-35-24)26-21(31)17(8-15-10-37-12-25-15)27-23(33)19(9-34-5)28-22(32)18-7-14(3)36-29-18/h7,10,12-13,16-17,19H,6,8-9,11H2,1-5H3,(H,26,31)(H,27,33)(H,28,32)/t16?,17-,19?,24?/m0/s1. The molecule has 3 N–H and O–H groups in total. The van der Waals surface area contributed by atoms with Gasteiger partial charge < -0.3 is 29.9 Å². The summed E-state index contributed by atoms with van der Waals surface area (Å²) in [5.41, 5.74) is 1.32. The van der Waals surface area contributed by atoms with Gasteiger partial charge in [0.05, 0.1) is 30.5 Å². The fourth-order valence-electron chi connectivity index (χ4n) is 3.68. The molecular weight excluding hydrogens is 502 g/mol. The van der Waals surface area contributed by atoms with Crippen LogP contribution in [-0.4, -0.2) is 77.7 Å². The Morgan fingerprint density at radius 3 is 2.35 bits per heavy atom. The third kappa shape index (κ3) is 7.91. The Kier molecular flexibility index (Phi) is 9.51. The molecule has 0 aromatic carbocycles. The normalized spacial score (nSPS) is 19.1. The van der Waals surface area contributed by atoms with E-state index in [9.17, 15) is 19.2 Å². The van der Waals surface area contributed by atoms with E-state index in [0.29, 0.717) is 24.5 Å². The van der Waals surface area contributed by atoms with Crippen LogP contribution < -0.4 is 16.0 Å². The molecule has 4 atom stereocenters. The molecule has 202 valence electrons. The highest BCUT2D eigenvalue weighted by molar-refractivity contribution is 7.07. The molecule has 3 unspecified atom stereocenters. The van der Waals surface area contributed by atoms with Gasteiger partial charge in [-0.25, -0.2) is 4.98 Å². The van der Waals surface area contributed by atoms with E-state index in [0.717, 1.165) is 0 Å². The van der Waals surface area contributed by atoms with Gasteiger partial charge in [0, 0.05) is 25.0 Å². The zero-order valence-corrected chi connectivity index (χ0v) is 22.3. The van der Waals surface area contributed by atoms with E-state index < -0.39 is 41.4 Å². The maximum atomic E-state index is 13.4. The smallest absolute Gasteiger partial charge is 0.274 e. The van der Waals surface area contributed by atoms with E-state index in [4.69, 9.17) is 14.0 Å². The topological polar surface area (TPSA) is 165 Å². The molecule has 1 fully saturated rings. The number of thiazole rings is 1. The molecule has 0 saturated carbocycles. The molecule has 0 aliphatic carbocycles. The van der Waals surface area contributed by atoms with Gasteiger partial charge in [0.15, 0.2) is 11.5 Å². The van der Waals surface area contributed by atoms with Crippen LogP contribution in [0.3, 0.4) is 0 Å². The van der Waals surface area contributed by atoms with Crippen LogP contribution in [-0.2, 0) is 30.3 Å². The molecule has 0 bridgehead atoms. The maximum absolute atomic E-state index is 13.4. The van der Waals surface area contributed by atoms with Crippen molar-refractivity contribution in [2.45, 2.75) is 64.3 Å². The molecule has 12 nitrogen and oxygen atoms in total. The summed E-state index contributed by atoms with van der Waals surface area (Å²) in [6.07, 6.45) is 0.508. The van der Waals surface area contributed by atoms with Gasteiger partial charge in [-0.2, -0.15) is 0 Å². The second-order valence-electron chi connectivity index (χ2n) is 9.62. The van der Waals surface area contributed by atoms with Crippen molar-refractivity contribution in [3.63, 3.8) is 0 Å². The summed E-state index contributed by atoms with van der Waals surface area (Å²) >= 11 is 1.35. The Balaban J connectivity index is 1.75. The van der Waals surface area contributed by atoms with Crippen LogP contribution >= 0.6 is 11.3 Å². The lowest BCUT2D eigenvalue weighted by molar-refractivity contribution is -0.133. The predicted molar refractivity (Wildman–Crippen MR) is 133 cm³/mol. The van der Waals surface area contributed by atoms with Crippen molar-refractivity contribution in [1.82, 2.24) is 26.1 Å². The first-order chi connectivity index (χ1) is 17.5. The molecule has 0 radical (unpaired) electrons. The van der Waals surface area contributed by atoms with Crippen molar-refractivity contribution >= 4 is 34.8 Å². The summed E-state index contributed by atoms with van der Waals surface area (Å²) in [7, 11) is 1.38. The zero-order chi connectivity index (χ0) is 27.2. The van der Waals surface area contributed by atoms with Gasteiger partial charge in [-0.15, -0.1) is 11.3 Å².